The van der Waals surface area contributed by atoms with Gasteiger partial charge in [-0.2, -0.15) is 0 Å². The molecule has 9 nitrogen and oxygen atoms in total. The van der Waals surface area contributed by atoms with Crippen molar-refractivity contribution >= 4 is 30.0 Å². The largest absolute Gasteiger partial charge is 0.445 e. The molecule has 214 valence electrons. The molecule has 0 radical (unpaired) electrons. The summed E-state index contributed by atoms with van der Waals surface area (Å²) in [5, 5.41) is 8.26. The van der Waals surface area contributed by atoms with Gasteiger partial charge in [-0.15, -0.1) is 0 Å². The predicted molar refractivity (Wildman–Crippen MR) is 146 cm³/mol. The van der Waals surface area contributed by atoms with E-state index in [1.165, 1.54) is 0 Å². The molecule has 3 amide bonds. The number of carbonyl (C=O) groups is 5. The maximum absolute atomic E-state index is 13.4. The molecule has 0 unspecified atom stereocenters. The van der Waals surface area contributed by atoms with E-state index in [0.29, 0.717) is 19.1 Å². The van der Waals surface area contributed by atoms with Crippen LogP contribution in [0.5, 0.6) is 0 Å². The smallest absolute Gasteiger partial charge is 0.408 e. The molecule has 2 aliphatic rings. The predicted octanol–water partition coefficient (Wildman–Crippen LogP) is 3.84. The third-order valence-corrected chi connectivity index (χ3v) is 7.82. The molecule has 1 aromatic carbocycles. The highest BCUT2D eigenvalue weighted by Gasteiger charge is 2.33. The Bertz CT molecular complexity index is 976. The van der Waals surface area contributed by atoms with Crippen LogP contribution in [0.25, 0.3) is 0 Å². The van der Waals surface area contributed by atoms with Crippen molar-refractivity contribution in [1.82, 2.24) is 16.0 Å². The lowest BCUT2D eigenvalue weighted by Crippen LogP contribution is -2.57. The molecule has 2 aliphatic carbocycles. The fourth-order valence-electron chi connectivity index (χ4n) is 5.55. The van der Waals surface area contributed by atoms with Gasteiger partial charge in [0.1, 0.15) is 30.8 Å². The van der Waals surface area contributed by atoms with Crippen LogP contribution in [0, 0.1) is 17.8 Å². The van der Waals surface area contributed by atoms with Crippen molar-refractivity contribution in [3.63, 3.8) is 0 Å². The van der Waals surface area contributed by atoms with Gasteiger partial charge < -0.3 is 25.5 Å². The molecular weight excluding hydrogens is 498 g/mol. The molecule has 1 aromatic rings. The van der Waals surface area contributed by atoms with Gasteiger partial charge in [-0.3, -0.25) is 14.4 Å². The fourth-order valence-corrected chi connectivity index (χ4v) is 5.55. The minimum atomic E-state index is -0.909. The Labute approximate surface area is 231 Å². The van der Waals surface area contributed by atoms with E-state index in [1.54, 1.807) is 13.8 Å². The van der Waals surface area contributed by atoms with Crippen molar-refractivity contribution in [2.24, 2.45) is 17.8 Å². The second-order valence-corrected chi connectivity index (χ2v) is 11.3. The van der Waals surface area contributed by atoms with Crippen LogP contribution >= 0.6 is 0 Å². The van der Waals surface area contributed by atoms with Crippen LogP contribution in [0.2, 0.25) is 0 Å². The van der Waals surface area contributed by atoms with Crippen LogP contribution in [0.4, 0.5) is 4.79 Å². The van der Waals surface area contributed by atoms with Crippen molar-refractivity contribution < 1.29 is 28.7 Å². The molecule has 3 N–H and O–H groups in total. The highest BCUT2D eigenvalue weighted by Crippen LogP contribution is 2.28. The van der Waals surface area contributed by atoms with Crippen LogP contribution in [0.1, 0.15) is 83.6 Å². The minimum Gasteiger partial charge on any atom is -0.445 e. The molecule has 4 atom stereocenters. The summed E-state index contributed by atoms with van der Waals surface area (Å²) in [6, 6.07) is 6.68. The third-order valence-electron chi connectivity index (χ3n) is 7.82. The number of benzene rings is 1. The maximum Gasteiger partial charge on any atom is 0.408 e. The summed E-state index contributed by atoms with van der Waals surface area (Å²) < 4.78 is 5.30. The number of rotatable bonds is 13. The van der Waals surface area contributed by atoms with Crippen molar-refractivity contribution in [1.29, 1.82) is 0 Å². The van der Waals surface area contributed by atoms with E-state index in [-0.39, 0.29) is 36.6 Å². The summed E-state index contributed by atoms with van der Waals surface area (Å²) in [6.07, 6.45) is 8.01. The van der Waals surface area contributed by atoms with E-state index in [2.05, 4.69) is 16.0 Å². The number of hydrogen-bond donors (Lipinski definition) is 3. The fraction of sp³-hybridized carbons (Fsp3) is 0.633. The second-order valence-electron chi connectivity index (χ2n) is 11.3. The topological polar surface area (TPSA) is 131 Å². The zero-order valence-electron chi connectivity index (χ0n) is 23.2. The summed E-state index contributed by atoms with van der Waals surface area (Å²) in [4.78, 5) is 63.1. The van der Waals surface area contributed by atoms with Gasteiger partial charge in [0.05, 0.1) is 6.04 Å². The molecule has 3 rings (SSSR count). The van der Waals surface area contributed by atoms with Crippen LogP contribution in [-0.4, -0.2) is 48.1 Å². The van der Waals surface area contributed by atoms with E-state index in [9.17, 15) is 24.0 Å². The summed E-state index contributed by atoms with van der Waals surface area (Å²) >= 11 is 0. The number of ether oxygens (including phenoxy) is 1. The van der Waals surface area contributed by atoms with E-state index < -0.39 is 36.0 Å². The number of ketones is 1. The van der Waals surface area contributed by atoms with Gasteiger partial charge in [0.15, 0.2) is 0 Å². The van der Waals surface area contributed by atoms with Gasteiger partial charge in [0.25, 0.3) is 0 Å². The Hall–Kier alpha value is -3.23. The number of carbonyl (C=O) groups excluding carboxylic acids is 5. The molecule has 9 heteroatoms. The van der Waals surface area contributed by atoms with E-state index >= 15 is 0 Å². The molecule has 0 aliphatic heterocycles. The first-order chi connectivity index (χ1) is 18.8. The Kier molecular flexibility index (Phi) is 12.0. The minimum absolute atomic E-state index is 0.0718. The highest BCUT2D eigenvalue weighted by atomic mass is 16.5. The Morgan fingerprint density at radius 1 is 0.923 bits per heavy atom. The van der Waals surface area contributed by atoms with Crippen LogP contribution < -0.4 is 16.0 Å². The SMILES string of the molecule is CC(C)[C@H](NC(=O)OCc1ccccc1)C(=O)N[C@@H](CC1CCCCC1)C(=O)N[C@H](C=O)C[C@@H]1CCCC1=O. The van der Waals surface area contributed by atoms with E-state index in [0.717, 1.165) is 50.5 Å². The average Bonchev–Trinajstić information content (AvgIpc) is 3.34. The van der Waals surface area contributed by atoms with Crippen LogP contribution in [0.15, 0.2) is 30.3 Å². The lowest BCUT2D eigenvalue weighted by molar-refractivity contribution is -0.132. The molecule has 0 aromatic heterocycles. The first-order valence-corrected chi connectivity index (χ1v) is 14.3. The molecule has 0 saturated heterocycles. The van der Waals surface area contributed by atoms with Gasteiger partial charge >= 0.3 is 6.09 Å². The lowest BCUT2D eigenvalue weighted by atomic mass is 9.84. The molecule has 2 saturated carbocycles. The van der Waals surface area contributed by atoms with E-state index in [1.807, 2.05) is 30.3 Å². The number of hydrogen-bond acceptors (Lipinski definition) is 6. The van der Waals surface area contributed by atoms with Gasteiger partial charge in [0, 0.05) is 12.3 Å². The van der Waals surface area contributed by atoms with Crippen molar-refractivity contribution in [2.75, 3.05) is 0 Å². The lowest BCUT2D eigenvalue weighted by Gasteiger charge is -2.29. The van der Waals surface area contributed by atoms with Gasteiger partial charge in [-0.05, 0) is 43.1 Å². The number of alkyl carbamates (subject to hydrolysis) is 1. The quantitative estimate of drug-likeness (QED) is 0.325. The molecule has 2 fully saturated rings. The van der Waals surface area contributed by atoms with Crippen LogP contribution in [0.3, 0.4) is 0 Å². The first kappa shape index (κ1) is 30.3. The van der Waals surface area contributed by atoms with Gasteiger partial charge in [0.2, 0.25) is 11.8 Å². The number of amides is 3. The summed E-state index contributed by atoms with van der Waals surface area (Å²) in [5.41, 5.74) is 0.825. The van der Waals surface area contributed by atoms with Crippen molar-refractivity contribution in [3.8, 4) is 0 Å². The Morgan fingerprint density at radius 2 is 1.64 bits per heavy atom. The molecular formula is C30H43N3O6. The summed E-state index contributed by atoms with van der Waals surface area (Å²) in [6.45, 7) is 3.68. The van der Waals surface area contributed by atoms with Crippen molar-refractivity contribution in [2.45, 2.75) is 103 Å². The number of nitrogens with one attached hydrogen (secondary N) is 3. The molecule has 0 spiro atoms. The number of aldehydes is 1. The Morgan fingerprint density at radius 3 is 2.26 bits per heavy atom. The summed E-state index contributed by atoms with van der Waals surface area (Å²) in [7, 11) is 0. The Balaban J connectivity index is 1.64. The van der Waals surface area contributed by atoms with Gasteiger partial charge in [-0.1, -0.05) is 76.3 Å². The van der Waals surface area contributed by atoms with Crippen molar-refractivity contribution in [3.05, 3.63) is 35.9 Å². The van der Waals surface area contributed by atoms with Gasteiger partial charge in [-0.25, -0.2) is 4.79 Å². The monoisotopic (exact) mass is 541 g/mol. The zero-order chi connectivity index (χ0) is 28.2. The average molecular weight is 542 g/mol. The number of Topliss-reactive ketones (excluding diaryl/α,β-unsaturated/α-hetero) is 1. The molecule has 39 heavy (non-hydrogen) atoms. The second kappa shape index (κ2) is 15.4. The maximum atomic E-state index is 13.4. The van der Waals surface area contributed by atoms with E-state index in [4.69, 9.17) is 4.74 Å². The molecule has 0 bridgehead atoms. The van der Waals surface area contributed by atoms with Crippen LogP contribution in [-0.2, 0) is 30.5 Å². The highest BCUT2D eigenvalue weighted by molar-refractivity contribution is 5.92. The molecule has 0 heterocycles. The normalized spacial score (nSPS) is 20.1. The third kappa shape index (κ3) is 9.79. The standard InChI is InChI=1S/C30H43N3O6/c1-20(2)27(33-30(38)39-19-22-12-7-4-8-13-22)29(37)32-25(16-21-10-5-3-6-11-21)28(36)31-24(18-34)17-23-14-9-15-26(23)35/h4,7-8,12-13,18,20-21,23-25,27H,3,5-6,9-11,14-17,19H2,1-2H3,(H,31,36)(H,32,37)(H,33,38)/t23-,24-,25-,27-/m0/s1. The summed E-state index contributed by atoms with van der Waals surface area (Å²) in [5.74, 6) is -0.987. The first-order valence-electron chi connectivity index (χ1n) is 14.3. The zero-order valence-corrected chi connectivity index (χ0v) is 23.2.